The highest BCUT2D eigenvalue weighted by Gasteiger charge is 2.41. The Morgan fingerprint density at radius 3 is 2.03 bits per heavy atom. The van der Waals surface area contributed by atoms with Gasteiger partial charge in [0.1, 0.15) is 6.17 Å². The van der Waals surface area contributed by atoms with Crippen LogP contribution in [0.2, 0.25) is 0 Å². The van der Waals surface area contributed by atoms with Crippen LogP contribution in [0.5, 0.6) is 0 Å². The van der Waals surface area contributed by atoms with Crippen LogP contribution in [0, 0.1) is 41.4 Å². The lowest BCUT2D eigenvalue weighted by Gasteiger charge is -2.46. The van der Waals surface area contributed by atoms with E-state index in [1.807, 2.05) is 0 Å². The van der Waals surface area contributed by atoms with E-state index in [1.54, 1.807) is 0 Å². The van der Waals surface area contributed by atoms with E-state index in [-0.39, 0.29) is 0 Å². The maximum absolute atomic E-state index is 13.9. The van der Waals surface area contributed by atoms with E-state index in [0.29, 0.717) is 6.04 Å². The van der Waals surface area contributed by atoms with Crippen molar-refractivity contribution in [1.82, 2.24) is 10.6 Å². The van der Waals surface area contributed by atoms with Crippen molar-refractivity contribution in [2.45, 2.75) is 159 Å². The van der Waals surface area contributed by atoms with Gasteiger partial charge in [-0.25, -0.2) is 4.39 Å². The second-order valence-electron chi connectivity index (χ2n) is 14.9. The zero-order valence-electron chi connectivity index (χ0n) is 24.4. The van der Waals surface area contributed by atoms with Crippen LogP contribution in [-0.4, -0.2) is 30.8 Å². The molecule has 0 spiro atoms. The molecule has 2 N–H and O–H groups in total. The fraction of sp³-hybridized carbons (Fsp3) is 0.943. The molecule has 6 atom stereocenters. The summed E-state index contributed by atoms with van der Waals surface area (Å²) in [5, 5.41) is 8.10. The lowest BCUT2D eigenvalue weighted by Crippen LogP contribution is -2.48. The van der Waals surface area contributed by atoms with Gasteiger partial charge in [0.15, 0.2) is 0 Å². The monoisotopic (exact) mass is 526 g/mol. The molecule has 0 aromatic carbocycles. The Balaban J connectivity index is 1.10. The zero-order chi connectivity index (χ0) is 25.7. The highest BCUT2D eigenvalue weighted by Crippen LogP contribution is 2.48. The van der Waals surface area contributed by atoms with Crippen molar-refractivity contribution in [2.75, 3.05) is 6.54 Å². The first kappa shape index (κ1) is 27.7. The Labute approximate surface area is 234 Å². The second-order valence-corrected chi connectivity index (χ2v) is 14.9. The molecule has 3 heteroatoms. The largest absolute Gasteiger partial charge is 0.314 e. The third-order valence-electron chi connectivity index (χ3n) is 12.7. The van der Waals surface area contributed by atoms with Gasteiger partial charge >= 0.3 is 0 Å². The van der Waals surface area contributed by atoms with Crippen molar-refractivity contribution < 1.29 is 4.39 Å². The minimum atomic E-state index is -0.511. The van der Waals surface area contributed by atoms with E-state index in [4.69, 9.17) is 0 Å². The molecule has 0 amide bonds. The molecule has 0 radical (unpaired) electrons. The van der Waals surface area contributed by atoms with Crippen molar-refractivity contribution in [2.24, 2.45) is 41.4 Å². The van der Waals surface area contributed by atoms with Crippen LogP contribution in [0.15, 0.2) is 12.2 Å². The molecular weight excluding hydrogens is 467 g/mol. The number of halogens is 1. The van der Waals surface area contributed by atoms with Crippen molar-refractivity contribution in [3.63, 3.8) is 0 Å². The molecule has 0 bridgehead atoms. The highest BCUT2D eigenvalue weighted by molar-refractivity contribution is 5.10. The Hall–Kier alpha value is -0.410. The van der Waals surface area contributed by atoms with Gasteiger partial charge in [-0.3, -0.25) is 0 Å². The van der Waals surface area contributed by atoms with Crippen molar-refractivity contribution >= 4 is 0 Å². The molecule has 1 heterocycles. The quantitative estimate of drug-likeness (QED) is 0.338. The summed E-state index contributed by atoms with van der Waals surface area (Å²) in [6.45, 7) is 1.25. The topological polar surface area (TPSA) is 24.1 Å². The van der Waals surface area contributed by atoms with Crippen LogP contribution in [0.25, 0.3) is 0 Å². The maximum atomic E-state index is 13.9. The fourth-order valence-corrected chi connectivity index (χ4v) is 10.4. The van der Waals surface area contributed by atoms with Gasteiger partial charge in [-0.2, -0.15) is 0 Å². The number of nitrogens with one attached hydrogen (secondary N) is 2. The number of alkyl halides is 1. The molecule has 5 fully saturated rings. The molecule has 0 aromatic heterocycles. The fourth-order valence-electron chi connectivity index (χ4n) is 10.4. The van der Waals surface area contributed by atoms with Crippen molar-refractivity contribution in [1.29, 1.82) is 0 Å². The standard InChI is InChI=1S/C35H59FN2/c36-31-19-16-26(17-20-31)28-7-6-8-30(23-28)33-24-29(18-21-35(33)38-32-9-2-1-3-10-32)25-12-14-27(15-13-25)34-11-4-5-22-37-34/h18,21,25-35,37-38H,1-17,19-20,22-24H2. The summed E-state index contributed by atoms with van der Waals surface area (Å²) in [6, 6.07) is 2.16. The molecular formula is C35H59FN2. The summed E-state index contributed by atoms with van der Waals surface area (Å²) in [5.74, 6) is 6.07. The minimum absolute atomic E-state index is 0.511. The molecule has 1 aliphatic heterocycles. The van der Waals surface area contributed by atoms with Crippen LogP contribution in [0.4, 0.5) is 4.39 Å². The first-order valence-electron chi connectivity index (χ1n) is 17.5. The van der Waals surface area contributed by atoms with Crippen LogP contribution < -0.4 is 10.6 Å². The summed E-state index contributed by atoms with van der Waals surface area (Å²) >= 11 is 0. The maximum Gasteiger partial charge on any atom is 0.100 e. The van der Waals surface area contributed by atoms with Gasteiger partial charge in [0, 0.05) is 18.1 Å². The number of piperidine rings is 1. The Kier molecular flexibility index (Phi) is 9.86. The Morgan fingerprint density at radius 1 is 0.553 bits per heavy atom. The van der Waals surface area contributed by atoms with E-state index < -0.39 is 6.17 Å². The van der Waals surface area contributed by atoms with E-state index in [0.717, 1.165) is 79.2 Å². The van der Waals surface area contributed by atoms with Gasteiger partial charge in [0.2, 0.25) is 0 Å². The van der Waals surface area contributed by atoms with Gasteiger partial charge in [0.25, 0.3) is 0 Å². The molecule has 4 saturated carbocycles. The smallest absolute Gasteiger partial charge is 0.100 e. The van der Waals surface area contributed by atoms with E-state index in [2.05, 4.69) is 22.8 Å². The van der Waals surface area contributed by atoms with Crippen LogP contribution >= 0.6 is 0 Å². The Morgan fingerprint density at radius 2 is 1.26 bits per heavy atom. The number of hydrogen-bond donors (Lipinski definition) is 2. The first-order chi connectivity index (χ1) is 18.7. The van der Waals surface area contributed by atoms with Crippen molar-refractivity contribution in [3.8, 4) is 0 Å². The number of hydrogen-bond acceptors (Lipinski definition) is 2. The van der Waals surface area contributed by atoms with Crippen LogP contribution in [0.1, 0.15) is 135 Å². The molecule has 6 aliphatic rings. The summed E-state index contributed by atoms with van der Waals surface area (Å²) in [7, 11) is 0. The third-order valence-corrected chi connectivity index (χ3v) is 12.7. The summed E-state index contributed by atoms with van der Waals surface area (Å²) in [6.07, 6.45) is 33.2. The first-order valence-corrected chi connectivity index (χ1v) is 17.5. The molecule has 2 nitrogen and oxygen atoms in total. The average molecular weight is 527 g/mol. The van der Waals surface area contributed by atoms with Gasteiger partial charge in [-0.15, -0.1) is 0 Å². The van der Waals surface area contributed by atoms with Crippen LogP contribution in [-0.2, 0) is 0 Å². The van der Waals surface area contributed by atoms with Gasteiger partial charge < -0.3 is 10.6 Å². The SMILES string of the molecule is FC1CCC(C2CCCC(C3CC(C4CCC(C5CCCCN5)CC4)C=CC3NC3CCCCC3)C2)CC1. The molecule has 38 heavy (non-hydrogen) atoms. The summed E-state index contributed by atoms with van der Waals surface area (Å²) in [5.41, 5.74) is 0. The third kappa shape index (κ3) is 6.89. The summed E-state index contributed by atoms with van der Waals surface area (Å²) in [4.78, 5) is 0. The summed E-state index contributed by atoms with van der Waals surface area (Å²) < 4.78 is 13.9. The van der Waals surface area contributed by atoms with E-state index in [1.165, 1.54) is 116 Å². The number of allylic oxidation sites excluding steroid dienone is 1. The van der Waals surface area contributed by atoms with Gasteiger partial charge in [0.05, 0.1) is 0 Å². The van der Waals surface area contributed by atoms with Gasteiger partial charge in [-0.1, -0.05) is 57.1 Å². The molecule has 0 aromatic rings. The van der Waals surface area contributed by atoms with Gasteiger partial charge in [-0.05, 0) is 138 Å². The normalized spacial score (nSPS) is 45.6. The Bertz CT molecular complexity index is 724. The molecule has 1 saturated heterocycles. The second kappa shape index (κ2) is 13.5. The lowest BCUT2D eigenvalue weighted by molar-refractivity contribution is 0.0767. The minimum Gasteiger partial charge on any atom is -0.314 e. The lowest BCUT2D eigenvalue weighted by atomic mass is 9.62. The van der Waals surface area contributed by atoms with Crippen molar-refractivity contribution in [3.05, 3.63) is 12.2 Å². The number of rotatable bonds is 6. The predicted octanol–water partition coefficient (Wildman–Crippen LogP) is 8.75. The molecule has 6 rings (SSSR count). The zero-order valence-corrected chi connectivity index (χ0v) is 24.4. The van der Waals surface area contributed by atoms with Crippen LogP contribution in [0.3, 0.4) is 0 Å². The van der Waals surface area contributed by atoms with E-state index in [9.17, 15) is 4.39 Å². The molecule has 6 unspecified atom stereocenters. The molecule has 5 aliphatic carbocycles. The average Bonchev–Trinajstić information content (AvgIpc) is 2.99. The molecule has 216 valence electrons. The predicted molar refractivity (Wildman–Crippen MR) is 158 cm³/mol. The highest BCUT2D eigenvalue weighted by atomic mass is 19.1. The van der Waals surface area contributed by atoms with E-state index >= 15 is 0 Å².